The van der Waals surface area contributed by atoms with Crippen molar-refractivity contribution in [1.82, 2.24) is 0 Å². The van der Waals surface area contributed by atoms with Crippen LogP contribution in [0.1, 0.15) is 99.9 Å². The summed E-state index contributed by atoms with van der Waals surface area (Å²) >= 11 is 0. The van der Waals surface area contributed by atoms with Gasteiger partial charge in [0.05, 0.1) is 0 Å². The number of ether oxygens (including phenoxy) is 1. The lowest BCUT2D eigenvalue weighted by molar-refractivity contribution is 0.431. The van der Waals surface area contributed by atoms with Crippen LogP contribution in [0.3, 0.4) is 0 Å². The van der Waals surface area contributed by atoms with Gasteiger partial charge in [-0.25, -0.2) is 0 Å². The lowest BCUT2D eigenvalue weighted by Gasteiger charge is -2.31. The third-order valence-corrected chi connectivity index (χ3v) is 6.31. The fraction of sp³-hybridized carbons (Fsp3) is 0.571. The second-order valence-corrected chi connectivity index (χ2v) is 10.6. The average Bonchev–Trinajstić information content (AvgIpc) is 2.58. The molecule has 0 fully saturated rings. The Morgan fingerprint density at radius 1 is 0.621 bits per heavy atom. The van der Waals surface area contributed by atoms with Crippen LogP contribution in [-0.4, -0.2) is 0 Å². The highest BCUT2D eigenvalue weighted by Crippen LogP contribution is 2.44. The van der Waals surface area contributed by atoms with Crippen molar-refractivity contribution in [3.05, 3.63) is 56.6 Å². The van der Waals surface area contributed by atoms with E-state index < -0.39 is 0 Å². The largest absolute Gasteiger partial charge is 0.457 e. The first-order valence-electron chi connectivity index (χ1n) is 11.2. The molecule has 0 atom stereocenters. The first kappa shape index (κ1) is 23.5. The molecule has 0 amide bonds. The molecule has 2 aromatic carbocycles. The molecule has 0 aromatic heterocycles. The first-order chi connectivity index (χ1) is 13.2. The normalized spacial score (nSPS) is 12.4. The van der Waals surface area contributed by atoms with Gasteiger partial charge >= 0.3 is 0 Å². The second kappa shape index (κ2) is 8.17. The number of benzene rings is 2. The molecule has 0 saturated heterocycles. The van der Waals surface area contributed by atoms with E-state index in [1.165, 1.54) is 44.5 Å². The SMILES string of the molecule is CCc1c(C)c(C)cc(Oc2cc(C)c(C)c(CC)c2C(C)(C)C)c1C(C)(C)C. The standard InChI is InChI=1S/C28H42O/c1-13-21-19(5)17(3)15-23(25(21)27(7,8)9)29-24-16-18(4)20(6)22(14-2)26(24)28(10,11)12/h15-16H,13-14H2,1-12H3. The zero-order valence-electron chi connectivity index (χ0n) is 21.0. The van der Waals surface area contributed by atoms with Crippen molar-refractivity contribution >= 4 is 0 Å². The highest BCUT2D eigenvalue weighted by Gasteiger charge is 2.28. The number of rotatable bonds is 4. The topological polar surface area (TPSA) is 9.23 Å². The predicted molar refractivity (Wildman–Crippen MR) is 128 cm³/mol. The van der Waals surface area contributed by atoms with Crippen LogP contribution in [0, 0.1) is 27.7 Å². The summed E-state index contributed by atoms with van der Waals surface area (Å²) in [7, 11) is 0. The third-order valence-electron chi connectivity index (χ3n) is 6.31. The van der Waals surface area contributed by atoms with E-state index >= 15 is 0 Å². The van der Waals surface area contributed by atoms with Crippen molar-refractivity contribution in [2.24, 2.45) is 0 Å². The first-order valence-corrected chi connectivity index (χ1v) is 11.2. The van der Waals surface area contributed by atoms with Crippen LogP contribution >= 0.6 is 0 Å². The third kappa shape index (κ3) is 4.55. The van der Waals surface area contributed by atoms with Crippen molar-refractivity contribution in [3.8, 4) is 11.5 Å². The molecule has 160 valence electrons. The fourth-order valence-electron chi connectivity index (χ4n) is 4.71. The Bertz CT molecular complexity index is 826. The minimum absolute atomic E-state index is 0.0222. The van der Waals surface area contributed by atoms with Crippen LogP contribution in [0.25, 0.3) is 0 Å². The summed E-state index contributed by atoms with van der Waals surface area (Å²) in [6.45, 7) is 27.2. The molecule has 0 unspecified atom stereocenters. The Morgan fingerprint density at radius 2 is 0.931 bits per heavy atom. The van der Waals surface area contributed by atoms with Gasteiger partial charge in [-0.2, -0.15) is 0 Å². The van der Waals surface area contributed by atoms with Gasteiger partial charge in [0.15, 0.2) is 0 Å². The van der Waals surface area contributed by atoms with E-state index in [0.717, 1.165) is 24.3 Å². The Morgan fingerprint density at radius 3 is 1.17 bits per heavy atom. The van der Waals surface area contributed by atoms with Gasteiger partial charge in [0, 0.05) is 11.1 Å². The lowest BCUT2D eigenvalue weighted by Crippen LogP contribution is -2.19. The highest BCUT2D eigenvalue weighted by molar-refractivity contribution is 5.57. The molecule has 0 aliphatic rings. The van der Waals surface area contributed by atoms with Crippen LogP contribution in [0.2, 0.25) is 0 Å². The summed E-state index contributed by atoms with van der Waals surface area (Å²) < 4.78 is 6.85. The van der Waals surface area contributed by atoms with Gasteiger partial charge in [-0.3, -0.25) is 0 Å². The Labute approximate surface area is 179 Å². The molecule has 0 radical (unpaired) electrons. The lowest BCUT2D eigenvalue weighted by atomic mass is 9.79. The summed E-state index contributed by atoms with van der Waals surface area (Å²) in [6, 6.07) is 4.50. The zero-order chi connectivity index (χ0) is 22.3. The Hall–Kier alpha value is -1.76. The summed E-state index contributed by atoms with van der Waals surface area (Å²) in [5, 5.41) is 0. The summed E-state index contributed by atoms with van der Waals surface area (Å²) in [4.78, 5) is 0. The van der Waals surface area contributed by atoms with Gasteiger partial charge in [0.25, 0.3) is 0 Å². The number of hydrogen-bond acceptors (Lipinski definition) is 1. The van der Waals surface area contributed by atoms with Crippen molar-refractivity contribution in [1.29, 1.82) is 0 Å². The average molecular weight is 395 g/mol. The van der Waals surface area contributed by atoms with Gasteiger partial charge in [-0.1, -0.05) is 55.4 Å². The van der Waals surface area contributed by atoms with Crippen LogP contribution in [0.5, 0.6) is 11.5 Å². The van der Waals surface area contributed by atoms with E-state index in [9.17, 15) is 0 Å². The summed E-state index contributed by atoms with van der Waals surface area (Å²) in [5.41, 5.74) is 11.0. The van der Waals surface area contributed by atoms with Crippen molar-refractivity contribution in [2.75, 3.05) is 0 Å². The monoisotopic (exact) mass is 394 g/mol. The van der Waals surface area contributed by atoms with Gasteiger partial charge in [0.1, 0.15) is 11.5 Å². The predicted octanol–water partition coefficient (Wildman–Crippen LogP) is 8.43. The second-order valence-electron chi connectivity index (χ2n) is 10.6. The summed E-state index contributed by atoms with van der Waals surface area (Å²) in [5.74, 6) is 2.04. The smallest absolute Gasteiger partial charge is 0.131 e. The molecule has 0 bridgehead atoms. The fourth-order valence-corrected chi connectivity index (χ4v) is 4.71. The maximum absolute atomic E-state index is 6.85. The molecule has 0 heterocycles. The van der Waals surface area contributed by atoms with E-state index in [4.69, 9.17) is 4.74 Å². The molecule has 0 aliphatic carbocycles. The van der Waals surface area contributed by atoms with Crippen LogP contribution in [0.15, 0.2) is 12.1 Å². The van der Waals surface area contributed by atoms with Crippen molar-refractivity contribution in [3.63, 3.8) is 0 Å². The number of hydrogen-bond donors (Lipinski definition) is 0. The molecule has 0 spiro atoms. The van der Waals surface area contributed by atoms with Crippen molar-refractivity contribution < 1.29 is 4.74 Å². The van der Waals surface area contributed by atoms with Gasteiger partial charge in [-0.15, -0.1) is 0 Å². The van der Waals surface area contributed by atoms with E-state index in [-0.39, 0.29) is 10.8 Å². The minimum atomic E-state index is 0.0222. The maximum Gasteiger partial charge on any atom is 0.131 e. The maximum atomic E-state index is 6.85. The van der Waals surface area contributed by atoms with Gasteiger partial charge < -0.3 is 4.74 Å². The zero-order valence-corrected chi connectivity index (χ0v) is 21.0. The van der Waals surface area contributed by atoms with Crippen LogP contribution in [0.4, 0.5) is 0 Å². The molecule has 2 aromatic rings. The molecule has 0 saturated carbocycles. The van der Waals surface area contributed by atoms with Gasteiger partial charge in [-0.05, 0) is 96.9 Å². The highest BCUT2D eigenvalue weighted by atomic mass is 16.5. The molecular weight excluding hydrogens is 352 g/mol. The van der Waals surface area contributed by atoms with Crippen LogP contribution in [-0.2, 0) is 23.7 Å². The molecule has 2 rings (SSSR count). The minimum Gasteiger partial charge on any atom is -0.457 e. The molecule has 1 nitrogen and oxygen atoms in total. The summed E-state index contributed by atoms with van der Waals surface area (Å²) in [6.07, 6.45) is 2.05. The quantitative estimate of drug-likeness (QED) is 0.505. The van der Waals surface area contributed by atoms with E-state index in [0.29, 0.717) is 0 Å². The Balaban J connectivity index is 2.85. The van der Waals surface area contributed by atoms with Crippen LogP contribution < -0.4 is 4.74 Å². The molecule has 1 heteroatoms. The van der Waals surface area contributed by atoms with E-state index in [1.54, 1.807) is 0 Å². The van der Waals surface area contributed by atoms with Crippen molar-refractivity contribution in [2.45, 2.75) is 107 Å². The Kier molecular flexibility index (Phi) is 6.62. The molecular formula is C28H42O. The number of aryl methyl sites for hydroxylation is 2. The van der Waals surface area contributed by atoms with E-state index in [2.05, 4.69) is 95.2 Å². The van der Waals surface area contributed by atoms with Gasteiger partial charge in [0.2, 0.25) is 0 Å². The van der Waals surface area contributed by atoms with E-state index in [1.807, 2.05) is 0 Å². The molecule has 0 aliphatic heterocycles. The molecule has 0 N–H and O–H groups in total. The molecule has 29 heavy (non-hydrogen) atoms.